The van der Waals surface area contributed by atoms with Crippen LogP contribution >= 0.6 is 11.6 Å². The van der Waals surface area contributed by atoms with Crippen molar-refractivity contribution in [2.45, 2.75) is 37.7 Å². The van der Waals surface area contributed by atoms with Crippen LogP contribution in [-0.4, -0.2) is 42.0 Å². The first-order valence-electron chi connectivity index (χ1n) is 8.14. The van der Waals surface area contributed by atoms with Gasteiger partial charge in [-0.2, -0.15) is 4.31 Å². The van der Waals surface area contributed by atoms with Gasteiger partial charge in [-0.15, -0.1) is 10.2 Å². The second-order valence-corrected chi connectivity index (χ2v) is 8.24. The number of nitrogens with zero attached hydrogens (tertiary/aromatic N) is 3. The van der Waals surface area contributed by atoms with Gasteiger partial charge in [0, 0.05) is 20.0 Å². The summed E-state index contributed by atoms with van der Waals surface area (Å²) in [6.45, 7) is 2.34. The van der Waals surface area contributed by atoms with Crippen LogP contribution in [0.25, 0.3) is 0 Å². The van der Waals surface area contributed by atoms with E-state index in [2.05, 4.69) is 10.2 Å². The van der Waals surface area contributed by atoms with Gasteiger partial charge >= 0.3 is 5.97 Å². The van der Waals surface area contributed by atoms with E-state index in [1.165, 1.54) is 22.5 Å². The van der Waals surface area contributed by atoms with Crippen molar-refractivity contribution in [1.29, 1.82) is 0 Å². The zero-order valence-corrected chi connectivity index (χ0v) is 15.7. The molecule has 3 rings (SSSR count). The number of rotatable bonds is 5. The summed E-state index contributed by atoms with van der Waals surface area (Å²) in [5.41, 5.74) is -0.0269. The third-order valence-electron chi connectivity index (χ3n) is 4.01. The molecule has 0 bridgehead atoms. The maximum atomic E-state index is 12.8. The maximum Gasteiger partial charge on any atom is 0.340 e. The molecule has 140 valence electrons. The lowest BCUT2D eigenvalue weighted by Gasteiger charge is -2.26. The van der Waals surface area contributed by atoms with Gasteiger partial charge in [0.2, 0.25) is 15.9 Å². The number of halogens is 1. The number of aryl methyl sites for hydroxylation is 1. The lowest BCUT2D eigenvalue weighted by molar-refractivity contribution is 0.0436. The summed E-state index contributed by atoms with van der Waals surface area (Å²) in [7, 11) is -3.67. The summed E-state index contributed by atoms with van der Waals surface area (Å²) in [4.78, 5) is 12.3. The van der Waals surface area contributed by atoms with Crippen molar-refractivity contribution < 1.29 is 22.4 Å². The topological polar surface area (TPSA) is 103 Å². The first kappa shape index (κ1) is 18.8. The molecule has 8 nitrogen and oxygen atoms in total. The Bertz CT molecular complexity index is 906. The van der Waals surface area contributed by atoms with Crippen LogP contribution in [0.2, 0.25) is 5.02 Å². The van der Waals surface area contributed by atoms with E-state index in [0.717, 1.165) is 19.3 Å². The minimum Gasteiger partial charge on any atom is -0.452 e. The summed E-state index contributed by atoms with van der Waals surface area (Å²) in [5.74, 6) is -0.269. The molecule has 0 amide bonds. The van der Waals surface area contributed by atoms with Gasteiger partial charge in [0.05, 0.1) is 15.5 Å². The molecule has 0 N–H and O–H groups in total. The van der Waals surface area contributed by atoms with Crippen LogP contribution in [0.5, 0.6) is 0 Å². The zero-order valence-electron chi connectivity index (χ0n) is 14.1. The largest absolute Gasteiger partial charge is 0.452 e. The highest BCUT2D eigenvalue weighted by atomic mass is 35.5. The fourth-order valence-corrected chi connectivity index (χ4v) is 4.42. The van der Waals surface area contributed by atoms with Crippen LogP contribution in [0, 0.1) is 6.92 Å². The molecule has 0 radical (unpaired) electrons. The first-order valence-corrected chi connectivity index (χ1v) is 9.95. The van der Waals surface area contributed by atoms with E-state index in [4.69, 9.17) is 20.8 Å². The molecule has 10 heteroatoms. The van der Waals surface area contributed by atoms with Crippen LogP contribution in [0.3, 0.4) is 0 Å². The van der Waals surface area contributed by atoms with Gasteiger partial charge in [-0.1, -0.05) is 18.0 Å². The molecule has 2 aromatic rings. The van der Waals surface area contributed by atoms with Gasteiger partial charge in [0.25, 0.3) is 5.89 Å². The highest BCUT2D eigenvalue weighted by Crippen LogP contribution is 2.25. The van der Waals surface area contributed by atoms with E-state index in [1.54, 1.807) is 6.92 Å². The molecule has 1 aromatic heterocycles. The summed E-state index contributed by atoms with van der Waals surface area (Å²) in [6, 6.07) is 4.02. The Labute approximate surface area is 156 Å². The number of carbonyl (C=O) groups is 1. The van der Waals surface area contributed by atoms with Gasteiger partial charge in [0.1, 0.15) is 0 Å². The maximum absolute atomic E-state index is 12.8. The Morgan fingerprint density at radius 3 is 2.65 bits per heavy atom. The summed E-state index contributed by atoms with van der Waals surface area (Å²) < 4.78 is 37.1. The molecule has 0 aliphatic carbocycles. The molecule has 2 heterocycles. The van der Waals surface area contributed by atoms with Crippen molar-refractivity contribution in [3.63, 3.8) is 0 Å². The average molecular weight is 400 g/mol. The van der Waals surface area contributed by atoms with Gasteiger partial charge in [-0.3, -0.25) is 0 Å². The number of piperidine rings is 1. The fraction of sp³-hybridized carbons (Fsp3) is 0.438. The monoisotopic (exact) mass is 399 g/mol. The normalized spacial score (nSPS) is 15.8. The molecule has 0 atom stereocenters. The molecule has 0 saturated carbocycles. The molecule has 1 aliphatic heterocycles. The Hall–Kier alpha value is -1.97. The molecule has 26 heavy (non-hydrogen) atoms. The number of carbonyl (C=O) groups excluding carboxylic acids is 1. The van der Waals surface area contributed by atoms with Gasteiger partial charge in [-0.25, -0.2) is 13.2 Å². The van der Waals surface area contributed by atoms with Crippen molar-refractivity contribution in [3.05, 3.63) is 40.6 Å². The number of benzene rings is 1. The number of hydrogen-bond acceptors (Lipinski definition) is 7. The van der Waals surface area contributed by atoms with E-state index >= 15 is 0 Å². The summed E-state index contributed by atoms with van der Waals surface area (Å²) >= 11 is 6.05. The van der Waals surface area contributed by atoms with Gasteiger partial charge in [0.15, 0.2) is 6.61 Å². The van der Waals surface area contributed by atoms with E-state index in [0.29, 0.717) is 19.0 Å². The number of sulfonamides is 1. The number of aromatic nitrogens is 2. The van der Waals surface area contributed by atoms with Gasteiger partial charge < -0.3 is 9.15 Å². The second kappa shape index (κ2) is 7.73. The number of esters is 1. The Morgan fingerprint density at radius 1 is 1.27 bits per heavy atom. The molecule has 1 aliphatic rings. The lowest BCUT2D eigenvalue weighted by Crippen LogP contribution is -2.35. The lowest BCUT2D eigenvalue weighted by atomic mass is 10.2. The number of hydrogen-bond donors (Lipinski definition) is 0. The Balaban J connectivity index is 1.79. The SMILES string of the molecule is Cc1nnc(COC(=O)c2cc(S(=O)(=O)N3CCCCC3)ccc2Cl)o1. The van der Waals surface area contributed by atoms with Crippen LogP contribution in [0.1, 0.15) is 41.4 Å². The van der Waals surface area contributed by atoms with Crippen LogP contribution in [0.15, 0.2) is 27.5 Å². The first-order chi connectivity index (χ1) is 12.4. The third kappa shape index (κ3) is 4.05. The van der Waals surface area contributed by atoms with Crippen LogP contribution in [0.4, 0.5) is 0 Å². The van der Waals surface area contributed by atoms with Crippen LogP contribution < -0.4 is 0 Å². The van der Waals surface area contributed by atoms with Crippen molar-refractivity contribution in [2.24, 2.45) is 0 Å². The smallest absolute Gasteiger partial charge is 0.340 e. The molecule has 1 saturated heterocycles. The average Bonchev–Trinajstić information content (AvgIpc) is 3.06. The second-order valence-electron chi connectivity index (χ2n) is 5.90. The summed E-state index contributed by atoms with van der Waals surface area (Å²) in [6.07, 6.45) is 2.66. The molecule has 0 spiro atoms. The third-order valence-corrected chi connectivity index (χ3v) is 6.23. The Kier molecular flexibility index (Phi) is 5.59. The van der Waals surface area contributed by atoms with Crippen molar-refractivity contribution in [1.82, 2.24) is 14.5 Å². The van der Waals surface area contributed by atoms with Crippen LogP contribution in [-0.2, 0) is 21.4 Å². The quantitative estimate of drug-likeness (QED) is 0.711. The minimum atomic E-state index is -3.67. The van der Waals surface area contributed by atoms with E-state index in [-0.39, 0.29) is 28.0 Å². The molecule has 1 fully saturated rings. The number of ether oxygens (including phenoxy) is 1. The van der Waals surface area contributed by atoms with E-state index in [9.17, 15) is 13.2 Å². The molecular weight excluding hydrogens is 382 g/mol. The highest BCUT2D eigenvalue weighted by Gasteiger charge is 2.27. The minimum absolute atomic E-state index is 0.0179. The van der Waals surface area contributed by atoms with Crippen molar-refractivity contribution in [2.75, 3.05) is 13.1 Å². The molecular formula is C16H18ClN3O5S. The zero-order chi connectivity index (χ0) is 18.7. The summed E-state index contributed by atoms with van der Waals surface area (Å²) in [5, 5.41) is 7.46. The van der Waals surface area contributed by atoms with E-state index < -0.39 is 16.0 Å². The predicted molar refractivity (Wildman–Crippen MR) is 92.2 cm³/mol. The van der Waals surface area contributed by atoms with E-state index in [1.807, 2.05) is 0 Å². The Morgan fingerprint density at radius 2 is 2.00 bits per heavy atom. The predicted octanol–water partition coefficient (Wildman–Crippen LogP) is 2.56. The van der Waals surface area contributed by atoms with Gasteiger partial charge in [-0.05, 0) is 31.0 Å². The van der Waals surface area contributed by atoms with Crippen molar-refractivity contribution in [3.8, 4) is 0 Å². The van der Waals surface area contributed by atoms with Crippen molar-refractivity contribution >= 4 is 27.6 Å². The fourth-order valence-electron chi connectivity index (χ4n) is 2.68. The highest BCUT2D eigenvalue weighted by molar-refractivity contribution is 7.89. The standard InChI is InChI=1S/C16H18ClN3O5S/c1-11-18-19-15(25-11)10-24-16(21)13-9-12(5-6-14(13)17)26(22,23)20-7-3-2-4-8-20/h5-6,9H,2-4,7-8,10H2,1H3. The molecule has 0 unspecified atom stereocenters. The molecule has 1 aromatic carbocycles.